The van der Waals surface area contributed by atoms with E-state index in [1.165, 1.54) is 6.07 Å². The number of para-hydroxylation sites is 1. The Labute approximate surface area is 122 Å². The third-order valence-corrected chi connectivity index (χ3v) is 3.42. The number of nitro groups is 1. The van der Waals surface area contributed by atoms with Gasteiger partial charge < -0.3 is 10.2 Å². The number of ether oxygens (including phenoxy) is 1. The average molecular weight is 287 g/mol. The molecule has 2 aromatic carbocycles. The molecule has 0 amide bonds. The molecular formula is C15H17N3O3. The van der Waals surface area contributed by atoms with Crippen molar-refractivity contribution < 1.29 is 9.66 Å². The van der Waals surface area contributed by atoms with Crippen molar-refractivity contribution >= 4 is 11.4 Å². The van der Waals surface area contributed by atoms with Gasteiger partial charge in [-0.3, -0.25) is 16.0 Å². The van der Waals surface area contributed by atoms with Crippen LogP contribution in [0.1, 0.15) is 16.7 Å². The molecule has 6 heteroatoms. The largest absolute Gasteiger partial charge is 0.449 e. The second kappa shape index (κ2) is 5.80. The summed E-state index contributed by atoms with van der Waals surface area (Å²) < 4.78 is 5.82. The first-order valence-electron chi connectivity index (χ1n) is 6.44. The Kier molecular flexibility index (Phi) is 4.09. The van der Waals surface area contributed by atoms with E-state index in [0.717, 1.165) is 16.7 Å². The van der Waals surface area contributed by atoms with Gasteiger partial charge in [-0.15, -0.1) is 0 Å². The van der Waals surface area contributed by atoms with Crippen molar-refractivity contribution in [2.45, 2.75) is 20.8 Å². The Morgan fingerprint density at radius 2 is 1.81 bits per heavy atom. The van der Waals surface area contributed by atoms with E-state index in [0.29, 0.717) is 5.75 Å². The van der Waals surface area contributed by atoms with Crippen molar-refractivity contribution in [1.82, 2.24) is 0 Å². The molecule has 0 saturated heterocycles. The predicted molar refractivity (Wildman–Crippen MR) is 81.6 cm³/mol. The van der Waals surface area contributed by atoms with E-state index in [2.05, 4.69) is 5.43 Å². The molecule has 21 heavy (non-hydrogen) atoms. The summed E-state index contributed by atoms with van der Waals surface area (Å²) in [6.45, 7) is 5.79. The highest BCUT2D eigenvalue weighted by molar-refractivity contribution is 5.68. The van der Waals surface area contributed by atoms with E-state index in [1.54, 1.807) is 12.1 Å². The maximum absolute atomic E-state index is 11.3. The molecule has 0 fully saturated rings. The topological polar surface area (TPSA) is 90.4 Å². The number of hydrogen-bond acceptors (Lipinski definition) is 5. The van der Waals surface area contributed by atoms with E-state index in [-0.39, 0.29) is 17.1 Å². The van der Waals surface area contributed by atoms with Crippen LogP contribution in [0.5, 0.6) is 11.5 Å². The molecule has 6 nitrogen and oxygen atoms in total. The molecule has 0 aliphatic carbocycles. The summed E-state index contributed by atoms with van der Waals surface area (Å²) in [6.07, 6.45) is 0. The number of hydrogen-bond donors (Lipinski definition) is 2. The lowest BCUT2D eigenvalue weighted by Gasteiger charge is -2.14. The fourth-order valence-corrected chi connectivity index (χ4v) is 2.10. The fraction of sp³-hybridized carbons (Fsp3) is 0.200. The zero-order chi connectivity index (χ0) is 15.6. The number of rotatable bonds is 4. The first kappa shape index (κ1) is 14.8. The molecule has 0 aromatic heterocycles. The van der Waals surface area contributed by atoms with Gasteiger partial charge in [-0.05, 0) is 49.6 Å². The Balaban J connectivity index is 2.55. The number of nitrogens with zero attached hydrogens (tertiary/aromatic N) is 1. The monoisotopic (exact) mass is 287 g/mol. The first-order valence-corrected chi connectivity index (χ1v) is 6.44. The minimum atomic E-state index is -0.509. The minimum absolute atomic E-state index is 0.159. The van der Waals surface area contributed by atoms with Crippen molar-refractivity contribution in [1.29, 1.82) is 0 Å². The molecular weight excluding hydrogens is 270 g/mol. The van der Waals surface area contributed by atoms with E-state index < -0.39 is 4.92 Å². The Hall–Kier alpha value is -2.60. The number of benzene rings is 2. The standard InChI is InChI=1S/C15H17N3O3/c1-9-7-8-10(2)15(11(9)3)21-13-6-4-5-12(17-16)14(13)18(19)20/h4-8,17H,16H2,1-3H3. The highest BCUT2D eigenvalue weighted by Gasteiger charge is 2.22. The van der Waals surface area contributed by atoms with Gasteiger partial charge in [-0.1, -0.05) is 18.2 Å². The van der Waals surface area contributed by atoms with E-state index in [4.69, 9.17) is 10.6 Å². The molecule has 2 aromatic rings. The minimum Gasteiger partial charge on any atom is -0.449 e. The molecule has 0 spiro atoms. The molecule has 3 N–H and O–H groups in total. The average Bonchev–Trinajstić information content (AvgIpc) is 2.47. The van der Waals surface area contributed by atoms with Gasteiger partial charge in [0.05, 0.1) is 4.92 Å². The molecule has 0 atom stereocenters. The predicted octanol–water partition coefficient (Wildman–Crippen LogP) is 3.60. The number of hydrazine groups is 1. The van der Waals surface area contributed by atoms with Gasteiger partial charge in [0, 0.05) is 0 Å². The van der Waals surface area contributed by atoms with Crippen LogP contribution in [0.15, 0.2) is 30.3 Å². The summed E-state index contributed by atoms with van der Waals surface area (Å²) in [5, 5.41) is 11.3. The molecule has 0 bridgehead atoms. The van der Waals surface area contributed by atoms with Crippen molar-refractivity contribution in [2.24, 2.45) is 5.84 Å². The van der Waals surface area contributed by atoms with E-state index in [9.17, 15) is 10.1 Å². The lowest BCUT2D eigenvalue weighted by atomic mass is 10.1. The summed E-state index contributed by atoms with van der Waals surface area (Å²) in [7, 11) is 0. The molecule has 0 aliphatic heterocycles. The maximum Gasteiger partial charge on any atom is 0.335 e. The van der Waals surface area contributed by atoms with Crippen LogP contribution in [0.4, 0.5) is 11.4 Å². The number of nitro benzene ring substituents is 1. The van der Waals surface area contributed by atoms with Gasteiger partial charge in [0.2, 0.25) is 5.75 Å². The summed E-state index contributed by atoms with van der Waals surface area (Å²) in [4.78, 5) is 10.7. The molecule has 0 radical (unpaired) electrons. The van der Waals surface area contributed by atoms with E-state index in [1.807, 2.05) is 32.9 Å². The number of aryl methyl sites for hydroxylation is 2. The molecule has 110 valence electrons. The van der Waals surface area contributed by atoms with Gasteiger partial charge >= 0.3 is 5.69 Å². The molecule has 0 heterocycles. The second-order valence-electron chi connectivity index (χ2n) is 4.81. The number of anilines is 1. The van der Waals surface area contributed by atoms with Gasteiger partial charge in [0.1, 0.15) is 11.4 Å². The molecule has 0 unspecified atom stereocenters. The van der Waals surface area contributed by atoms with E-state index >= 15 is 0 Å². The lowest BCUT2D eigenvalue weighted by Crippen LogP contribution is -2.09. The summed E-state index contributed by atoms with van der Waals surface area (Å²) in [6, 6.07) is 8.65. The first-order chi connectivity index (χ1) is 9.95. The van der Waals surface area contributed by atoms with Crippen molar-refractivity contribution in [2.75, 3.05) is 5.43 Å². The molecule has 0 aliphatic rings. The molecule has 0 saturated carbocycles. The van der Waals surface area contributed by atoms with Crippen LogP contribution in [-0.2, 0) is 0 Å². The van der Waals surface area contributed by atoms with Crippen LogP contribution in [0, 0.1) is 30.9 Å². The van der Waals surface area contributed by atoms with Crippen molar-refractivity contribution in [3.05, 3.63) is 57.1 Å². The van der Waals surface area contributed by atoms with Crippen LogP contribution < -0.4 is 16.0 Å². The number of nitrogens with two attached hydrogens (primary N) is 1. The SMILES string of the molecule is Cc1ccc(C)c(Oc2cccc(NN)c2[N+](=O)[O-])c1C. The van der Waals surface area contributed by atoms with Crippen LogP contribution in [-0.4, -0.2) is 4.92 Å². The van der Waals surface area contributed by atoms with Gasteiger partial charge in [-0.2, -0.15) is 0 Å². The normalized spacial score (nSPS) is 10.3. The van der Waals surface area contributed by atoms with Crippen LogP contribution >= 0.6 is 0 Å². The third-order valence-electron chi connectivity index (χ3n) is 3.42. The zero-order valence-electron chi connectivity index (χ0n) is 12.1. The van der Waals surface area contributed by atoms with Crippen LogP contribution in [0.3, 0.4) is 0 Å². The quantitative estimate of drug-likeness (QED) is 0.509. The molecule has 2 rings (SSSR count). The zero-order valence-corrected chi connectivity index (χ0v) is 12.1. The van der Waals surface area contributed by atoms with Crippen LogP contribution in [0.25, 0.3) is 0 Å². The summed E-state index contributed by atoms with van der Waals surface area (Å²) in [5.41, 5.74) is 5.28. The van der Waals surface area contributed by atoms with Gasteiger partial charge in [0.15, 0.2) is 0 Å². The van der Waals surface area contributed by atoms with Crippen LogP contribution in [0.2, 0.25) is 0 Å². The fourth-order valence-electron chi connectivity index (χ4n) is 2.10. The Bertz CT molecular complexity index is 699. The lowest BCUT2D eigenvalue weighted by molar-refractivity contribution is -0.384. The van der Waals surface area contributed by atoms with Crippen molar-refractivity contribution in [3.63, 3.8) is 0 Å². The second-order valence-corrected chi connectivity index (χ2v) is 4.81. The number of nitrogen functional groups attached to an aromatic ring is 1. The highest BCUT2D eigenvalue weighted by Crippen LogP contribution is 2.39. The maximum atomic E-state index is 11.3. The summed E-state index contributed by atoms with van der Waals surface area (Å²) >= 11 is 0. The summed E-state index contributed by atoms with van der Waals surface area (Å²) in [5.74, 6) is 6.12. The highest BCUT2D eigenvalue weighted by atomic mass is 16.6. The smallest absolute Gasteiger partial charge is 0.335 e. The van der Waals surface area contributed by atoms with Crippen molar-refractivity contribution in [3.8, 4) is 11.5 Å². The third kappa shape index (κ3) is 2.80. The van der Waals surface area contributed by atoms with Gasteiger partial charge in [-0.25, -0.2) is 0 Å². The number of nitrogens with one attached hydrogen (secondary N) is 1. The van der Waals surface area contributed by atoms with Gasteiger partial charge in [0.25, 0.3) is 0 Å². The Morgan fingerprint density at radius 1 is 1.14 bits per heavy atom. The Morgan fingerprint density at radius 3 is 2.43 bits per heavy atom.